The maximum atomic E-state index is 11.7. The minimum atomic E-state index is -4.06. The molecule has 5 heteroatoms. The Hall–Kier alpha value is -0.290. The fourth-order valence-corrected chi connectivity index (χ4v) is 0.957. The van der Waals surface area contributed by atoms with Crippen LogP contribution in [0.25, 0.3) is 0 Å². The van der Waals surface area contributed by atoms with Gasteiger partial charge in [0, 0.05) is 12.6 Å². The van der Waals surface area contributed by atoms with Crippen LogP contribution in [0.2, 0.25) is 0 Å². The molecule has 86 valence electrons. The van der Waals surface area contributed by atoms with Gasteiger partial charge in [-0.15, -0.1) is 0 Å². The third-order valence-corrected chi connectivity index (χ3v) is 2.10. The molecule has 3 N–H and O–H groups in total. The quantitative estimate of drug-likeness (QED) is 0.660. The highest BCUT2D eigenvalue weighted by Gasteiger charge is 2.25. The normalized spacial score (nSPS) is 14.8. The molecule has 0 amide bonds. The van der Waals surface area contributed by atoms with Crippen molar-refractivity contribution in [2.75, 3.05) is 13.1 Å². The van der Waals surface area contributed by atoms with E-state index in [2.05, 4.69) is 5.32 Å². The number of nitrogens with two attached hydrogens (primary N) is 1. The average molecular weight is 212 g/mol. The lowest BCUT2D eigenvalue weighted by molar-refractivity contribution is -0.133. The van der Waals surface area contributed by atoms with Gasteiger partial charge >= 0.3 is 6.18 Å². The van der Waals surface area contributed by atoms with Crippen LogP contribution in [0.5, 0.6) is 0 Å². The predicted molar refractivity (Wildman–Crippen MR) is 51.0 cm³/mol. The molecule has 0 bridgehead atoms. The largest absolute Gasteiger partial charge is 0.390 e. The summed E-state index contributed by atoms with van der Waals surface area (Å²) in [5.41, 5.74) is 5.72. The molecule has 0 aromatic rings. The Morgan fingerprint density at radius 3 is 2.21 bits per heavy atom. The molecule has 2 nitrogen and oxygen atoms in total. The lowest BCUT2D eigenvalue weighted by atomic mass is 10.0. The van der Waals surface area contributed by atoms with Crippen molar-refractivity contribution in [1.29, 1.82) is 0 Å². The van der Waals surface area contributed by atoms with Crippen LogP contribution in [0.1, 0.15) is 26.7 Å². The van der Waals surface area contributed by atoms with Crippen LogP contribution in [0.4, 0.5) is 13.2 Å². The number of alkyl halides is 3. The Labute approximate surface area is 83.0 Å². The Morgan fingerprint density at radius 2 is 1.79 bits per heavy atom. The number of halogens is 3. The maximum absolute atomic E-state index is 11.7. The van der Waals surface area contributed by atoms with Gasteiger partial charge in [0.2, 0.25) is 0 Å². The molecule has 0 aliphatic rings. The predicted octanol–water partition coefficient (Wildman–Crippen LogP) is 1.90. The molecule has 0 fully saturated rings. The Bertz CT molecular complexity index is 145. The maximum Gasteiger partial charge on any atom is 0.390 e. The van der Waals surface area contributed by atoms with Crippen molar-refractivity contribution in [2.24, 2.45) is 11.7 Å². The zero-order chi connectivity index (χ0) is 11.2. The first-order valence-corrected chi connectivity index (χ1v) is 4.86. The second-order valence-electron chi connectivity index (χ2n) is 3.81. The highest BCUT2D eigenvalue weighted by molar-refractivity contribution is 4.66. The van der Waals surface area contributed by atoms with Crippen LogP contribution < -0.4 is 11.1 Å². The van der Waals surface area contributed by atoms with Crippen LogP contribution in [-0.4, -0.2) is 25.3 Å². The highest BCUT2D eigenvalue weighted by atomic mass is 19.4. The van der Waals surface area contributed by atoms with Crippen LogP contribution in [0.3, 0.4) is 0 Å². The molecule has 1 atom stereocenters. The molecule has 0 aromatic carbocycles. The van der Waals surface area contributed by atoms with E-state index in [1.807, 2.05) is 13.8 Å². The van der Waals surface area contributed by atoms with E-state index in [0.717, 1.165) is 6.42 Å². The van der Waals surface area contributed by atoms with Crippen molar-refractivity contribution in [1.82, 2.24) is 5.32 Å². The van der Waals surface area contributed by atoms with Crippen molar-refractivity contribution in [2.45, 2.75) is 38.9 Å². The molecule has 0 saturated heterocycles. The van der Waals surface area contributed by atoms with Gasteiger partial charge in [-0.2, -0.15) is 13.2 Å². The van der Waals surface area contributed by atoms with Gasteiger partial charge in [-0.1, -0.05) is 13.8 Å². The van der Waals surface area contributed by atoms with Gasteiger partial charge < -0.3 is 11.1 Å². The van der Waals surface area contributed by atoms with Gasteiger partial charge in [0.05, 0.1) is 6.42 Å². The lowest BCUT2D eigenvalue weighted by Crippen LogP contribution is -2.32. The summed E-state index contributed by atoms with van der Waals surface area (Å²) < 4.78 is 35.1. The van der Waals surface area contributed by atoms with Gasteiger partial charge in [0.1, 0.15) is 0 Å². The van der Waals surface area contributed by atoms with E-state index in [-0.39, 0.29) is 12.6 Å². The fraction of sp³-hybridized carbons (Fsp3) is 1.00. The minimum absolute atomic E-state index is 0.0195. The molecule has 14 heavy (non-hydrogen) atoms. The summed E-state index contributed by atoms with van der Waals surface area (Å²) in [5, 5.41) is 2.73. The molecule has 0 aliphatic heterocycles. The zero-order valence-corrected chi connectivity index (χ0v) is 8.69. The van der Waals surface area contributed by atoms with Crippen LogP contribution in [0.15, 0.2) is 0 Å². The third kappa shape index (κ3) is 8.31. The van der Waals surface area contributed by atoms with E-state index < -0.39 is 12.6 Å². The molecule has 0 spiro atoms. The van der Waals surface area contributed by atoms with Crippen LogP contribution in [0, 0.1) is 5.92 Å². The highest BCUT2D eigenvalue weighted by Crippen LogP contribution is 2.18. The Morgan fingerprint density at radius 1 is 1.21 bits per heavy atom. The lowest BCUT2D eigenvalue weighted by Gasteiger charge is -2.15. The Balaban J connectivity index is 3.30. The van der Waals surface area contributed by atoms with Gasteiger partial charge in [-0.25, -0.2) is 0 Å². The molecule has 1 unspecified atom stereocenters. The van der Waals surface area contributed by atoms with E-state index in [4.69, 9.17) is 5.73 Å². The molecule has 0 saturated carbocycles. The summed E-state index contributed by atoms with van der Waals surface area (Å²) in [6, 6.07) is 0.0633. The summed E-state index contributed by atoms with van der Waals surface area (Å²) in [6.45, 7) is 4.53. The minimum Gasteiger partial charge on any atom is -0.327 e. The van der Waals surface area contributed by atoms with E-state index in [9.17, 15) is 13.2 Å². The van der Waals surface area contributed by atoms with Gasteiger partial charge in [0.15, 0.2) is 0 Å². The van der Waals surface area contributed by atoms with Crippen molar-refractivity contribution >= 4 is 0 Å². The first kappa shape index (κ1) is 13.7. The molecular weight excluding hydrogens is 193 g/mol. The van der Waals surface area contributed by atoms with E-state index >= 15 is 0 Å². The second kappa shape index (κ2) is 6.24. The van der Waals surface area contributed by atoms with Gasteiger partial charge in [-0.05, 0) is 18.9 Å². The molecule has 0 heterocycles. The molecule has 0 aromatic heterocycles. The van der Waals surface area contributed by atoms with Crippen LogP contribution in [-0.2, 0) is 0 Å². The summed E-state index contributed by atoms with van der Waals surface area (Å²) >= 11 is 0. The topological polar surface area (TPSA) is 38.0 Å². The standard InChI is InChI=1S/C9H19F3N2/c1-7(2)8(13)3-5-14-6-4-9(10,11)12/h7-8,14H,3-6,13H2,1-2H3. The smallest absolute Gasteiger partial charge is 0.327 e. The molecule has 0 rings (SSSR count). The Kier molecular flexibility index (Phi) is 6.11. The number of hydrogen-bond donors (Lipinski definition) is 2. The van der Waals surface area contributed by atoms with Gasteiger partial charge in [-0.3, -0.25) is 0 Å². The van der Waals surface area contributed by atoms with Gasteiger partial charge in [0.25, 0.3) is 0 Å². The summed E-state index contributed by atoms with van der Waals surface area (Å²) in [5.74, 6) is 0.374. The van der Waals surface area contributed by atoms with E-state index in [1.54, 1.807) is 0 Å². The van der Waals surface area contributed by atoms with Crippen molar-refractivity contribution in [3.8, 4) is 0 Å². The second-order valence-corrected chi connectivity index (χ2v) is 3.81. The third-order valence-electron chi connectivity index (χ3n) is 2.10. The van der Waals surface area contributed by atoms with Crippen molar-refractivity contribution in [3.05, 3.63) is 0 Å². The first-order chi connectivity index (χ1) is 6.33. The van der Waals surface area contributed by atoms with E-state index in [1.165, 1.54) is 0 Å². The number of nitrogens with one attached hydrogen (secondary N) is 1. The molecule has 0 radical (unpaired) electrons. The molecular formula is C9H19F3N2. The number of hydrogen-bond acceptors (Lipinski definition) is 2. The van der Waals surface area contributed by atoms with Crippen molar-refractivity contribution < 1.29 is 13.2 Å². The summed E-state index contributed by atoms with van der Waals surface area (Å²) in [7, 11) is 0. The van der Waals surface area contributed by atoms with E-state index in [0.29, 0.717) is 12.5 Å². The SMILES string of the molecule is CC(C)C(N)CCNCCC(F)(F)F. The average Bonchev–Trinajstić information content (AvgIpc) is 2.01. The zero-order valence-electron chi connectivity index (χ0n) is 8.69. The number of rotatable bonds is 6. The molecule has 0 aliphatic carbocycles. The monoisotopic (exact) mass is 212 g/mol. The fourth-order valence-electron chi connectivity index (χ4n) is 0.957. The van der Waals surface area contributed by atoms with Crippen molar-refractivity contribution in [3.63, 3.8) is 0 Å². The summed E-state index contributed by atoms with van der Waals surface area (Å²) in [6.07, 6.45) is -4.12. The summed E-state index contributed by atoms with van der Waals surface area (Å²) in [4.78, 5) is 0. The first-order valence-electron chi connectivity index (χ1n) is 4.86. The van der Waals surface area contributed by atoms with Crippen LogP contribution >= 0.6 is 0 Å².